The van der Waals surface area contributed by atoms with Gasteiger partial charge in [-0.3, -0.25) is 4.79 Å². The normalized spacial score (nSPS) is 16.6. The number of benzene rings is 2. The van der Waals surface area contributed by atoms with Crippen LogP contribution in [-0.4, -0.2) is 28.1 Å². The van der Waals surface area contributed by atoms with E-state index >= 15 is 0 Å². The van der Waals surface area contributed by atoms with E-state index in [9.17, 15) is 9.90 Å². The molecule has 2 aromatic rings. The summed E-state index contributed by atoms with van der Waals surface area (Å²) in [5.41, 5.74) is 1.42. The van der Waals surface area contributed by atoms with E-state index in [4.69, 9.17) is 0 Å². The Balaban J connectivity index is 1.62. The predicted octanol–water partition coefficient (Wildman–Crippen LogP) is 3.63. The lowest BCUT2D eigenvalue weighted by Gasteiger charge is -2.30. The molecule has 3 rings (SSSR count). The molecule has 1 heterocycles. The SMILES string of the molecule is O=C(Nc1ccc(Nc2ccccc2)cc1)C1(O)CCSCC1. The first-order valence-corrected chi connectivity index (χ1v) is 8.85. The molecule has 5 heteroatoms. The second kappa shape index (κ2) is 7.06. The van der Waals surface area contributed by atoms with E-state index in [1.165, 1.54) is 0 Å². The zero-order chi connectivity index (χ0) is 16.1. The predicted molar refractivity (Wildman–Crippen MR) is 96.3 cm³/mol. The number of aliphatic hydroxyl groups is 1. The quantitative estimate of drug-likeness (QED) is 0.802. The van der Waals surface area contributed by atoms with Crippen molar-refractivity contribution in [2.45, 2.75) is 18.4 Å². The van der Waals surface area contributed by atoms with Crippen molar-refractivity contribution in [1.29, 1.82) is 0 Å². The Morgan fingerprint density at radius 2 is 1.48 bits per heavy atom. The minimum absolute atomic E-state index is 0.304. The van der Waals surface area contributed by atoms with E-state index in [-0.39, 0.29) is 5.91 Å². The van der Waals surface area contributed by atoms with Gasteiger partial charge in [0.15, 0.2) is 0 Å². The van der Waals surface area contributed by atoms with Crippen molar-refractivity contribution in [2.75, 3.05) is 22.1 Å². The van der Waals surface area contributed by atoms with Crippen LogP contribution in [0.1, 0.15) is 12.8 Å². The van der Waals surface area contributed by atoms with Gasteiger partial charge in [0.25, 0.3) is 5.91 Å². The second-order valence-electron chi connectivity index (χ2n) is 5.67. The third kappa shape index (κ3) is 4.06. The van der Waals surface area contributed by atoms with Gasteiger partial charge in [0.05, 0.1) is 0 Å². The zero-order valence-corrected chi connectivity index (χ0v) is 13.6. The number of anilines is 3. The first kappa shape index (κ1) is 15.9. The van der Waals surface area contributed by atoms with Crippen LogP contribution in [0.5, 0.6) is 0 Å². The molecule has 2 aromatic carbocycles. The van der Waals surface area contributed by atoms with Gasteiger partial charge >= 0.3 is 0 Å². The van der Waals surface area contributed by atoms with Crippen LogP contribution in [0.2, 0.25) is 0 Å². The Bertz CT molecular complexity index is 652. The molecular formula is C18H20N2O2S. The molecule has 0 spiro atoms. The van der Waals surface area contributed by atoms with E-state index in [0.29, 0.717) is 18.5 Å². The Kier molecular flexibility index (Phi) is 4.88. The minimum Gasteiger partial charge on any atom is -0.380 e. The first-order valence-electron chi connectivity index (χ1n) is 7.69. The van der Waals surface area contributed by atoms with Gasteiger partial charge in [-0.05, 0) is 60.7 Å². The van der Waals surface area contributed by atoms with Gasteiger partial charge in [-0.2, -0.15) is 11.8 Å². The summed E-state index contributed by atoms with van der Waals surface area (Å²) in [5, 5.41) is 16.5. The number of thioether (sulfide) groups is 1. The van der Waals surface area contributed by atoms with Crippen LogP contribution in [0, 0.1) is 0 Å². The lowest BCUT2D eigenvalue weighted by molar-refractivity contribution is -0.134. The van der Waals surface area contributed by atoms with Crippen LogP contribution in [0.3, 0.4) is 0 Å². The minimum atomic E-state index is -1.23. The van der Waals surface area contributed by atoms with Crippen LogP contribution < -0.4 is 10.6 Å². The molecule has 0 aliphatic carbocycles. The van der Waals surface area contributed by atoms with Crippen molar-refractivity contribution in [3.05, 3.63) is 54.6 Å². The van der Waals surface area contributed by atoms with Gasteiger partial charge in [-0.1, -0.05) is 18.2 Å². The van der Waals surface area contributed by atoms with Crippen molar-refractivity contribution in [1.82, 2.24) is 0 Å². The van der Waals surface area contributed by atoms with Crippen molar-refractivity contribution < 1.29 is 9.90 Å². The second-order valence-corrected chi connectivity index (χ2v) is 6.89. The standard InChI is InChI=1S/C18H20N2O2S/c21-17(18(22)10-12-23-13-11-18)20-16-8-6-15(7-9-16)19-14-4-2-1-3-5-14/h1-9,19,22H,10-13H2,(H,20,21). The monoisotopic (exact) mass is 328 g/mol. The third-order valence-electron chi connectivity index (χ3n) is 3.95. The summed E-state index contributed by atoms with van der Waals surface area (Å²) >= 11 is 1.78. The highest BCUT2D eigenvalue weighted by Gasteiger charge is 2.37. The van der Waals surface area contributed by atoms with Gasteiger partial charge in [0.1, 0.15) is 5.60 Å². The number of carbonyl (C=O) groups excluding carboxylic acids is 1. The van der Waals surface area contributed by atoms with Crippen LogP contribution in [0.25, 0.3) is 0 Å². The fourth-order valence-electron chi connectivity index (χ4n) is 2.51. The Labute approximate surface area is 140 Å². The molecule has 0 atom stereocenters. The highest BCUT2D eigenvalue weighted by Crippen LogP contribution is 2.28. The average Bonchev–Trinajstić information content (AvgIpc) is 2.58. The van der Waals surface area contributed by atoms with Crippen molar-refractivity contribution >= 4 is 34.7 Å². The lowest BCUT2D eigenvalue weighted by atomic mass is 9.95. The molecule has 3 N–H and O–H groups in total. The fourth-order valence-corrected chi connectivity index (χ4v) is 3.68. The van der Waals surface area contributed by atoms with Crippen molar-refractivity contribution in [2.24, 2.45) is 0 Å². The Morgan fingerprint density at radius 1 is 0.913 bits per heavy atom. The van der Waals surface area contributed by atoms with Crippen molar-refractivity contribution in [3.63, 3.8) is 0 Å². The summed E-state index contributed by atoms with van der Waals surface area (Å²) < 4.78 is 0. The summed E-state index contributed by atoms with van der Waals surface area (Å²) in [6.07, 6.45) is 1.02. The van der Waals surface area contributed by atoms with E-state index in [1.54, 1.807) is 11.8 Å². The zero-order valence-electron chi connectivity index (χ0n) is 12.8. The van der Waals surface area contributed by atoms with Crippen LogP contribution in [0.15, 0.2) is 54.6 Å². The van der Waals surface area contributed by atoms with Crippen molar-refractivity contribution in [3.8, 4) is 0 Å². The average molecular weight is 328 g/mol. The van der Waals surface area contributed by atoms with Crippen LogP contribution in [0.4, 0.5) is 17.1 Å². The Morgan fingerprint density at radius 3 is 2.13 bits per heavy atom. The van der Waals surface area contributed by atoms with E-state index < -0.39 is 5.60 Å². The molecule has 23 heavy (non-hydrogen) atoms. The number of para-hydroxylation sites is 1. The highest BCUT2D eigenvalue weighted by molar-refractivity contribution is 7.99. The van der Waals surface area contributed by atoms with Crippen LogP contribution >= 0.6 is 11.8 Å². The summed E-state index contributed by atoms with van der Waals surface area (Å²) in [5.74, 6) is 1.34. The van der Waals surface area contributed by atoms with Gasteiger partial charge in [-0.15, -0.1) is 0 Å². The number of nitrogens with one attached hydrogen (secondary N) is 2. The largest absolute Gasteiger partial charge is 0.380 e. The molecule has 1 saturated heterocycles. The molecule has 1 amide bonds. The highest BCUT2D eigenvalue weighted by atomic mass is 32.2. The number of carbonyl (C=O) groups is 1. The summed E-state index contributed by atoms with van der Waals surface area (Å²) in [7, 11) is 0. The molecule has 0 unspecified atom stereocenters. The molecule has 0 aromatic heterocycles. The molecule has 0 bridgehead atoms. The molecule has 1 fully saturated rings. The maximum atomic E-state index is 12.3. The fraction of sp³-hybridized carbons (Fsp3) is 0.278. The van der Waals surface area contributed by atoms with Gasteiger partial charge in [-0.25, -0.2) is 0 Å². The maximum absolute atomic E-state index is 12.3. The van der Waals surface area contributed by atoms with E-state index in [1.807, 2.05) is 54.6 Å². The molecule has 120 valence electrons. The third-order valence-corrected chi connectivity index (χ3v) is 4.93. The van der Waals surface area contributed by atoms with Gasteiger partial charge < -0.3 is 15.7 Å². The number of hydrogen-bond donors (Lipinski definition) is 3. The Hall–Kier alpha value is -1.98. The molecule has 1 aliphatic rings. The van der Waals surface area contributed by atoms with Gasteiger partial charge in [0.2, 0.25) is 0 Å². The molecule has 0 saturated carbocycles. The number of rotatable bonds is 4. The molecule has 4 nitrogen and oxygen atoms in total. The molecule has 0 radical (unpaired) electrons. The number of hydrogen-bond acceptors (Lipinski definition) is 4. The van der Waals surface area contributed by atoms with E-state index in [0.717, 1.165) is 22.9 Å². The van der Waals surface area contributed by atoms with Crippen LogP contribution in [-0.2, 0) is 4.79 Å². The first-order chi connectivity index (χ1) is 11.2. The lowest BCUT2D eigenvalue weighted by Crippen LogP contribution is -2.45. The summed E-state index contributed by atoms with van der Waals surface area (Å²) in [4.78, 5) is 12.3. The maximum Gasteiger partial charge on any atom is 0.256 e. The molecule has 1 aliphatic heterocycles. The summed E-state index contributed by atoms with van der Waals surface area (Å²) in [6.45, 7) is 0. The summed E-state index contributed by atoms with van der Waals surface area (Å²) in [6, 6.07) is 17.4. The molecular weight excluding hydrogens is 308 g/mol. The smallest absolute Gasteiger partial charge is 0.256 e. The van der Waals surface area contributed by atoms with Gasteiger partial charge in [0, 0.05) is 17.1 Å². The number of amides is 1. The van der Waals surface area contributed by atoms with E-state index in [2.05, 4.69) is 10.6 Å². The topological polar surface area (TPSA) is 61.4 Å².